The van der Waals surface area contributed by atoms with Gasteiger partial charge in [0, 0.05) is 11.6 Å². The van der Waals surface area contributed by atoms with Gasteiger partial charge in [0.15, 0.2) is 9.84 Å². The van der Waals surface area contributed by atoms with E-state index in [9.17, 15) is 17.2 Å². The zero-order valence-electron chi connectivity index (χ0n) is 12.0. The van der Waals surface area contributed by atoms with E-state index in [1.807, 2.05) is 13.8 Å². The van der Waals surface area contributed by atoms with Crippen molar-refractivity contribution in [1.82, 2.24) is 5.32 Å². The molecule has 0 spiro atoms. The molecule has 2 unspecified atom stereocenters. The van der Waals surface area contributed by atoms with E-state index in [0.717, 1.165) is 5.56 Å². The molecule has 2 atom stereocenters. The molecule has 0 aliphatic carbocycles. The summed E-state index contributed by atoms with van der Waals surface area (Å²) in [6.07, 6.45) is 0.576. The van der Waals surface area contributed by atoms with E-state index in [0.29, 0.717) is 6.42 Å². The number of ether oxygens (including phenoxy) is 1. The average Bonchev–Trinajstić information content (AvgIpc) is 2.63. The fraction of sp³-hybridized carbons (Fsp3) is 0.571. The molecule has 0 aromatic heterocycles. The standard InChI is InChI=1S/C14H19F2NO3S/c1-10(17-14(2)7-8-21(18,19)9-14)11-3-5-12(6-4-11)20-13(15)16/h3-6,10,13,17H,7-9H2,1-2H3. The lowest BCUT2D eigenvalue weighted by atomic mass is 9.98. The van der Waals surface area contributed by atoms with Gasteiger partial charge in [-0.15, -0.1) is 0 Å². The van der Waals surface area contributed by atoms with Gasteiger partial charge in [-0.1, -0.05) is 12.1 Å². The number of hydrogen-bond donors (Lipinski definition) is 1. The Balaban J connectivity index is 2.02. The van der Waals surface area contributed by atoms with Crippen LogP contribution in [0.5, 0.6) is 5.75 Å². The second-order valence-corrected chi connectivity index (χ2v) is 7.90. The monoisotopic (exact) mass is 319 g/mol. The van der Waals surface area contributed by atoms with Crippen molar-refractivity contribution in [2.75, 3.05) is 11.5 Å². The first kappa shape index (κ1) is 16.2. The molecule has 1 saturated heterocycles. The summed E-state index contributed by atoms with van der Waals surface area (Å²) in [5.41, 5.74) is 0.443. The van der Waals surface area contributed by atoms with Crippen LogP contribution >= 0.6 is 0 Å². The van der Waals surface area contributed by atoms with E-state index >= 15 is 0 Å². The van der Waals surface area contributed by atoms with Gasteiger partial charge in [0.2, 0.25) is 0 Å². The highest BCUT2D eigenvalue weighted by atomic mass is 32.2. The Bertz CT molecular complexity index is 589. The fourth-order valence-corrected chi connectivity index (χ4v) is 4.77. The molecule has 7 heteroatoms. The lowest BCUT2D eigenvalue weighted by Crippen LogP contribution is -2.44. The highest BCUT2D eigenvalue weighted by Gasteiger charge is 2.38. The van der Waals surface area contributed by atoms with Crippen LogP contribution in [0.2, 0.25) is 0 Å². The third kappa shape index (κ3) is 4.38. The van der Waals surface area contributed by atoms with E-state index in [-0.39, 0.29) is 23.3 Å². The molecular formula is C14H19F2NO3S. The van der Waals surface area contributed by atoms with Crippen LogP contribution in [0.3, 0.4) is 0 Å². The number of rotatable bonds is 5. The third-order valence-electron chi connectivity index (χ3n) is 3.67. The average molecular weight is 319 g/mol. The first-order valence-corrected chi connectivity index (χ1v) is 8.54. The Kier molecular flexibility index (Phi) is 4.53. The summed E-state index contributed by atoms with van der Waals surface area (Å²) in [4.78, 5) is 0. The number of benzene rings is 1. The third-order valence-corrected chi connectivity index (χ3v) is 5.58. The van der Waals surface area contributed by atoms with Crippen LogP contribution in [-0.2, 0) is 9.84 Å². The van der Waals surface area contributed by atoms with Gasteiger partial charge in [-0.3, -0.25) is 0 Å². The van der Waals surface area contributed by atoms with Crippen molar-refractivity contribution >= 4 is 9.84 Å². The van der Waals surface area contributed by atoms with E-state index in [4.69, 9.17) is 0 Å². The van der Waals surface area contributed by atoms with Crippen molar-refractivity contribution in [3.05, 3.63) is 29.8 Å². The van der Waals surface area contributed by atoms with E-state index in [1.54, 1.807) is 12.1 Å². The molecule has 0 radical (unpaired) electrons. The van der Waals surface area contributed by atoms with Gasteiger partial charge < -0.3 is 10.1 Å². The number of hydrogen-bond acceptors (Lipinski definition) is 4. The summed E-state index contributed by atoms with van der Waals surface area (Å²) >= 11 is 0. The quantitative estimate of drug-likeness (QED) is 0.906. The Morgan fingerprint density at radius 2 is 1.90 bits per heavy atom. The SMILES string of the molecule is CC(NC1(C)CCS(=O)(=O)C1)c1ccc(OC(F)F)cc1. The number of alkyl halides is 2. The van der Waals surface area contributed by atoms with Crippen molar-refractivity contribution in [2.45, 2.75) is 38.5 Å². The molecule has 1 aliphatic rings. The largest absolute Gasteiger partial charge is 0.435 e. The molecule has 1 aromatic carbocycles. The molecule has 1 aliphatic heterocycles. The second-order valence-electron chi connectivity index (χ2n) is 5.72. The van der Waals surface area contributed by atoms with Gasteiger partial charge in [-0.2, -0.15) is 8.78 Å². The Labute approximate surface area is 123 Å². The molecule has 1 fully saturated rings. The minimum Gasteiger partial charge on any atom is -0.435 e. The summed E-state index contributed by atoms with van der Waals surface area (Å²) < 4.78 is 51.6. The molecular weight excluding hydrogens is 300 g/mol. The predicted octanol–water partition coefficient (Wildman–Crippen LogP) is 2.52. The van der Waals surface area contributed by atoms with Gasteiger partial charge in [-0.05, 0) is 38.0 Å². The summed E-state index contributed by atoms with van der Waals surface area (Å²) in [7, 11) is -2.97. The lowest BCUT2D eigenvalue weighted by molar-refractivity contribution is -0.0498. The van der Waals surface area contributed by atoms with E-state index < -0.39 is 22.0 Å². The van der Waals surface area contributed by atoms with E-state index in [1.165, 1.54) is 12.1 Å². The highest BCUT2D eigenvalue weighted by Crippen LogP contribution is 2.27. The predicted molar refractivity (Wildman–Crippen MR) is 76.3 cm³/mol. The smallest absolute Gasteiger partial charge is 0.387 e. The van der Waals surface area contributed by atoms with E-state index in [2.05, 4.69) is 10.1 Å². The van der Waals surface area contributed by atoms with Crippen LogP contribution in [0.15, 0.2) is 24.3 Å². The first-order chi connectivity index (χ1) is 9.69. The van der Waals surface area contributed by atoms with Crippen LogP contribution in [0.1, 0.15) is 31.9 Å². The highest BCUT2D eigenvalue weighted by molar-refractivity contribution is 7.91. The zero-order chi connectivity index (χ0) is 15.7. The maximum absolute atomic E-state index is 12.1. The van der Waals surface area contributed by atoms with Gasteiger partial charge in [0.05, 0.1) is 11.5 Å². The molecule has 4 nitrogen and oxygen atoms in total. The fourth-order valence-electron chi connectivity index (χ4n) is 2.67. The normalized spacial score (nSPS) is 26.0. The molecule has 1 heterocycles. The molecule has 0 amide bonds. The maximum atomic E-state index is 12.1. The molecule has 21 heavy (non-hydrogen) atoms. The number of halogens is 2. The molecule has 2 rings (SSSR count). The van der Waals surface area contributed by atoms with Crippen molar-refractivity contribution in [1.29, 1.82) is 0 Å². The van der Waals surface area contributed by atoms with Gasteiger partial charge >= 0.3 is 6.61 Å². The van der Waals surface area contributed by atoms with Crippen molar-refractivity contribution in [2.24, 2.45) is 0 Å². The van der Waals surface area contributed by atoms with Crippen LogP contribution in [0.25, 0.3) is 0 Å². The van der Waals surface area contributed by atoms with Crippen molar-refractivity contribution in [3.63, 3.8) is 0 Å². The Morgan fingerprint density at radius 3 is 2.38 bits per heavy atom. The maximum Gasteiger partial charge on any atom is 0.387 e. The molecule has 1 aromatic rings. The summed E-state index contributed by atoms with van der Waals surface area (Å²) in [5.74, 6) is 0.428. The van der Waals surface area contributed by atoms with Gasteiger partial charge in [0.1, 0.15) is 5.75 Å². The summed E-state index contributed by atoms with van der Waals surface area (Å²) in [6.45, 7) is 0.968. The summed E-state index contributed by atoms with van der Waals surface area (Å²) in [6, 6.07) is 6.27. The van der Waals surface area contributed by atoms with Crippen molar-refractivity contribution in [3.8, 4) is 5.75 Å². The minimum absolute atomic E-state index is 0.0797. The van der Waals surface area contributed by atoms with Crippen LogP contribution < -0.4 is 10.1 Å². The van der Waals surface area contributed by atoms with Gasteiger partial charge in [0.25, 0.3) is 0 Å². The molecule has 1 N–H and O–H groups in total. The first-order valence-electron chi connectivity index (χ1n) is 6.72. The Hall–Kier alpha value is -1.21. The van der Waals surface area contributed by atoms with Gasteiger partial charge in [-0.25, -0.2) is 8.42 Å². The summed E-state index contributed by atoms with van der Waals surface area (Å²) in [5, 5.41) is 3.32. The molecule has 0 saturated carbocycles. The lowest BCUT2D eigenvalue weighted by Gasteiger charge is -2.29. The molecule has 118 valence electrons. The second kappa shape index (κ2) is 5.88. The minimum atomic E-state index is -2.97. The molecule has 0 bridgehead atoms. The number of sulfone groups is 1. The Morgan fingerprint density at radius 1 is 1.29 bits per heavy atom. The topological polar surface area (TPSA) is 55.4 Å². The van der Waals surface area contributed by atoms with Crippen LogP contribution in [0.4, 0.5) is 8.78 Å². The van der Waals surface area contributed by atoms with Crippen molar-refractivity contribution < 1.29 is 21.9 Å². The van der Waals surface area contributed by atoms with Crippen LogP contribution in [0, 0.1) is 0 Å². The zero-order valence-corrected chi connectivity index (χ0v) is 12.8. The van der Waals surface area contributed by atoms with Crippen LogP contribution in [-0.4, -0.2) is 32.1 Å². The number of nitrogens with one attached hydrogen (secondary N) is 1.